The van der Waals surface area contributed by atoms with Gasteiger partial charge < -0.3 is 20.9 Å². The van der Waals surface area contributed by atoms with Crippen molar-refractivity contribution in [2.24, 2.45) is 5.73 Å². The summed E-state index contributed by atoms with van der Waals surface area (Å²) in [4.78, 5) is 20.9. The summed E-state index contributed by atoms with van der Waals surface area (Å²) in [5.41, 5.74) is 6.83. The van der Waals surface area contributed by atoms with Gasteiger partial charge in [0.15, 0.2) is 0 Å². The van der Waals surface area contributed by atoms with E-state index in [-0.39, 0.29) is 16.3 Å². The smallest absolute Gasteiger partial charge is 0.275 e. The zero-order valence-corrected chi connectivity index (χ0v) is 17.3. The number of anilines is 1. The summed E-state index contributed by atoms with van der Waals surface area (Å²) in [5, 5.41) is 14.2. The number of aromatic nitrogens is 2. The van der Waals surface area contributed by atoms with Crippen molar-refractivity contribution in [3.8, 4) is 10.6 Å². The maximum atomic E-state index is 14.0. The molecular weight excluding hydrogens is 426 g/mol. The Bertz CT molecular complexity index is 1080. The predicted molar refractivity (Wildman–Crippen MR) is 112 cm³/mol. The minimum atomic E-state index is -0.775. The Kier molecular flexibility index (Phi) is 6.05. The van der Waals surface area contributed by atoms with Crippen molar-refractivity contribution >= 4 is 22.9 Å². The van der Waals surface area contributed by atoms with Crippen molar-refractivity contribution in [2.45, 2.75) is 37.7 Å². The van der Waals surface area contributed by atoms with Gasteiger partial charge in [0.2, 0.25) is 0 Å². The number of nitrogens with two attached hydrogens (primary N) is 1. The summed E-state index contributed by atoms with van der Waals surface area (Å²) >= 11 is 0.966. The molecule has 0 radical (unpaired) electrons. The molecular formula is C21H20F2N4O3S. The molecule has 0 unspecified atom stereocenters. The molecule has 0 bridgehead atoms. The second-order valence-electron chi connectivity index (χ2n) is 7.27. The van der Waals surface area contributed by atoms with Crippen LogP contribution in [-0.2, 0) is 4.74 Å². The number of amides is 1. The largest absolute Gasteiger partial charge is 0.389 e. The Morgan fingerprint density at radius 2 is 2.06 bits per heavy atom. The number of hydrogen-bond acceptors (Lipinski definition) is 7. The van der Waals surface area contributed by atoms with Crippen LogP contribution < -0.4 is 11.1 Å². The van der Waals surface area contributed by atoms with E-state index < -0.39 is 41.9 Å². The van der Waals surface area contributed by atoms with Crippen LogP contribution in [0, 0.1) is 11.6 Å². The van der Waals surface area contributed by atoms with Crippen molar-refractivity contribution in [3.05, 3.63) is 64.9 Å². The van der Waals surface area contributed by atoms with Crippen molar-refractivity contribution < 1.29 is 23.4 Å². The van der Waals surface area contributed by atoms with E-state index in [1.807, 2.05) is 0 Å². The molecule has 1 aliphatic rings. The third-order valence-corrected chi connectivity index (χ3v) is 6.01. The second-order valence-corrected chi connectivity index (χ2v) is 8.13. The fourth-order valence-corrected chi connectivity index (χ4v) is 4.35. The van der Waals surface area contributed by atoms with Gasteiger partial charge in [-0.15, -0.1) is 11.3 Å². The number of benzene rings is 1. The molecule has 10 heteroatoms. The van der Waals surface area contributed by atoms with E-state index in [0.717, 1.165) is 23.5 Å². The molecule has 0 saturated carbocycles. The van der Waals surface area contributed by atoms with Gasteiger partial charge in [-0.1, -0.05) is 6.07 Å². The third-order valence-electron chi connectivity index (χ3n) is 5.15. The minimum Gasteiger partial charge on any atom is -0.389 e. The Hall–Kier alpha value is -2.79. The van der Waals surface area contributed by atoms with E-state index in [9.17, 15) is 18.7 Å². The first-order chi connectivity index (χ1) is 14.8. The summed E-state index contributed by atoms with van der Waals surface area (Å²) in [6.45, 7) is 1.73. The van der Waals surface area contributed by atoms with Crippen LogP contribution in [0.25, 0.3) is 10.6 Å². The van der Waals surface area contributed by atoms with Crippen LogP contribution in [0.5, 0.6) is 0 Å². The SMILES string of the molecule is C[C@@H]1O[C@H](c2ccncc2NC(=O)c2csc(-c3c(F)cccc3F)n2)C[C@H](N)[C@H]1O. The number of carbonyl (C=O) groups excluding carboxylic acids is 1. The lowest BCUT2D eigenvalue weighted by Crippen LogP contribution is -2.48. The van der Waals surface area contributed by atoms with Crippen LogP contribution in [0.1, 0.15) is 35.5 Å². The lowest BCUT2D eigenvalue weighted by molar-refractivity contribution is -0.119. The van der Waals surface area contributed by atoms with E-state index in [1.54, 1.807) is 19.2 Å². The third kappa shape index (κ3) is 4.33. The Balaban J connectivity index is 1.56. The van der Waals surface area contributed by atoms with Gasteiger partial charge in [0, 0.05) is 23.2 Å². The molecule has 3 aromatic rings. The quantitative estimate of drug-likeness (QED) is 0.567. The molecule has 0 aliphatic carbocycles. The van der Waals surface area contributed by atoms with E-state index in [4.69, 9.17) is 10.5 Å². The molecule has 1 fully saturated rings. The molecule has 1 saturated heterocycles. The fraction of sp³-hybridized carbons (Fsp3) is 0.286. The summed E-state index contributed by atoms with van der Waals surface area (Å²) in [6.07, 6.45) is 1.72. The number of aliphatic hydroxyl groups excluding tert-OH is 1. The molecule has 3 heterocycles. The minimum absolute atomic E-state index is 0.0162. The number of carbonyl (C=O) groups is 1. The molecule has 1 aliphatic heterocycles. The number of aliphatic hydroxyl groups is 1. The van der Waals surface area contributed by atoms with Crippen molar-refractivity contribution in [2.75, 3.05) is 5.32 Å². The number of hydrogen-bond donors (Lipinski definition) is 3. The molecule has 1 aromatic carbocycles. The zero-order valence-electron chi connectivity index (χ0n) is 16.5. The van der Waals surface area contributed by atoms with Gasteiger partial charge in [0.25, 0.3) is 5.91 Å². The van der Waals surface area contributed by atoms with Gasteiger partial charge in [-0.05, 0) is 31.5 Å². The maximum Gasteiger partial charge on any atom is 0.275 e. The maximum absolute atomic E-state index is 14.0. The first kappa shape index (κ1) is 21.4. The van der Waals surface area contributed by atoms with Crippen LogP contribution in [-0.4, -0.2) is 39.2 Å². The lowest BCUT2D eigenvalue weighted by atomic mass is 9.93. The lowest BCUT2D eigenvalue weighted by Gasteiger charge is -2.36. The highest BCUT2D eigenvalue weighted by Gasteiger charge is 2.34. The highest BCUT2D eigenvalue weighted by molar-refractivity contribution is 7.13. The topological polar surface area (TPSA) is 110 Å². The molecule has 31 heavy (non-hydrogen) atoms. The molecule has 1 amide bonds. The number of rotatable bonds is 4. The van der Waals surface area contributed by atoms with Crippen LogP contribution in [0.4, 0.5) is 14.5 Å². The monoisotopic (exact) mass is 446 g/mol. The number of ether oxygens (including phenoxy) is 1. The van der Waals surface area contributed by atoms with Gasteiger partial charge in [-0.2, -0.15) is 0 Å². The molecule has 2 aromatic heterocycles. The van der Waals surface area contributed by atoms with E-state index in [2.05, 4.69) is 15.3 Å². The van der Waals surface area contributed by atoms with Crippen LogP contribution >= 0.6 is 11.3 Å². The van der Waals surface area contributed by atoms with Gasteiger partial charge in [-0.3, -0.25) is 9.78 Å². The number of thiazole rings is 1. The average molecular weight is 446 g/mol. The van der Waals surface area contributed by atoms with Crippen molar-refractivity contribution in [3.63, 3.8) is 0 Å². The van der Waals surface area contributed by atoms with Crippen LogP contribution in [0.2, 0.25) is 0 Å². The van der Waals surface area contributed by atoms with Crippen molar-refractivity contribution in [1.29, 1.82) is 0 Å². The number of nitrogens with zero attached hydrogens (tertiary/aromatic N) is 2. The molecule has 4 atom stereocenters. The summed E-state index contributed by atoms with van der Waals surface area (Å²) in [5.74, 6) is -2.06. The average Bonchev–Trinajstić information content (AvgIpc) is 3.22. The highest BCUT2D eigenvalue weighted by Crippen LogP contribution is 2.35. The predicted octanol–water partition coefficient (Wildman–Crippen LogP) is 3.27. The van der Waals surface area contributed by atoms with Crippen LogP contribution in [0.3, 0.4) is 0 Å². The van der Waals surface area contributed by atoms with E-state index in [0.29, 0.717) is 17.7 Å². The standard InChI is InChI=1S/C21H20F2N4O3S/c1-10-19(28)14(24)7-17(30-10)11-5-6-25-8-15(11)26-20(29)16-9-31-21(27-16)18-12(22)3-2-4-13(18)23/h2-6,8-10,14,17,19,28H,7,24H2,1H3,(H,26,29)/t10-,14-,17-,19-/m0/s1. The zero-order chi connectivity index (χ0) is 22.1. The Labute approximate surface area is 180 Å². The van der Waals surface area contributed by atoms with Crippen molar-refractivity contribution in [1.82, 2.24) is 9.97 Å². The normalized spacial score (nSPS) is 23.5. The summed E-state index contributed by atoms with van der Waals surface area (Å²) in [7, 11) is 0. The molecule has 4 rings (SSSR count). The van der Waals surface area contributed by atoms with Crippen LogP contribution in [0.15, 0.2) is 42.0 Å². The number of nitrogens with one attached hydrogen (secondary N) is 1. The molecule has 4 N–H and O–H groups in total. The molecule has 0 spiro atoms. The molecule has 7 nitrogen and oxygen atoms in total. The summed E-state index contributed by atoms with van der Waals surface area (Å²) in [6, 6.07) is 4.77. The second kappa shape index (κ2) is 8.75. The van der Waals surface area contributed by atoms with Gasteiger partial charge in [-0.25, -0.2) is 13.8 Å². The Morgan fingerprint density at radius 1 is 1.32 bits per heavy atom. The molecule has 162 valence electrons. The van der Waals surface area contributed by atoms with Gasteiger partial charge in [0.1, 0.15) is 22.3 Å². The Morgan fingerprint density at radius 3 is 2.77 bits per heavy atom. The van der Waals surface area contributed by atoms with E-state index >= 15 is 0 Å². The number of pyridine rings is 1. The van der Waals surface area contributed by atoms with Gasteiger partial charge in [0.05, 0.1) is 35.8 Å². The highest BCUT2D eigenvalue weighted by atomic mass is 32.1. The fourth-order valence-electron chi connectivity index (χ4n) is 3.50. The first-order valence-corrected chi connectivity index (χ1v) is 10.5. The first-order valence-electron chi connectivity index (χ1n) is 9.59. The number of halogens is 2. The van der Waals surface area contributed by atoms with E-state index in [1.165, 1.54) is 17.6 Å². The summed E-state index contributed by atoms with van der Waals surface area (Å²) < 4.78 is 33.9. The van der Waals surface area contributed by atoms with Gasteiger partial charge >= 0.3 is 0 Å².